The summed E-state index contributed by atoms with van der Waals surface area (Å²) in [5.74, 6) is 1.02. The van der Waals surface area contributed by atoms with Crippen LogP contribution in [0.25, 0.3) is 0 Å². The van der Waals surface area contributed by atoms with Crippen LogP contribution >= 0.6 is 0 Å². The van der Waals surface area contributed by atoms with E-state index in [0.29, 0.717) is 36.8 Å². The SMILES string of the molecule is CCOc1cc(C(=O)NCCCn2ccnc2)ccc1OCc1cccnc1. The van der Waals surface area contributed by atoms with Crippen molar-refractivity contribution in [3.05, 3.63) is 72.6 Å². The van der Waals surface area contributed by atoms with Gasteiger partial charge in [0.15, 0.2) is 11.5 Å². The minimum Gasteiger partial charge on any atom is -0.490 e. The summed E-state index contributed by atoms with van der Waals surface area (Å²) in [4.78, 5) is 20.5. The zero-order chi connectivity index (χ0) is 19.6. The van der Waals surface area contributed by atoms with Crippen LogP contribution in [-0.4, -0.2) is 33.6 Å². The molecule has 7 heteroatoms. The van der Waals surface area contributed by atoms with Crippen LogP contribution in [0.4, 0.5) is 0 Å². The number of aromatic nitrogens is 3. The van der Waals surface area contributed by atoms with Crippen molar-refractivity contribution in [1.82, 2.24) is 19.9 Å². The van der Waals surface area contributed by atoms with Crippen molar-refractivity contribution in [3.63, 3.8) is 0 Å². The number of hydrogen-bond donors (Lipinski definition) is 1. The lowest BCUT2D eigenvalue weighted by Gasteiger charge is -2.13. The standard InChI is InChI=1S/C21H24N4O3/c1-2-27-20-13-18(21(26)24-9-4-11-25-12-10-23-16-25)6-7-19(20)28-15-17-5-3-8-22-14-17/h3,5-8,10,12-14,16H,2,4,9,11,15H2,1H3,(H,24,26). The summed E-state index contributed by atoms with van der Waals surface area (Å²) in [6.45, 7) is 4.16. The lowest BCUT2D eigenvalue weighted by Crippen LogP contribution is -2.25. The number of carbonyl (C=O) groups is 1. The normalized spacial score (nSPS) is 10.5. The number of benzene rings is 1. The van der Waals surface area contributed by atoms with Crippen molar-refractivity contribution in [3.8, 4) is 11.5 Å². The van der Waals surface area contributed by atoms with Gasteiger partial charge in [0.1, 0.15) is 6.61 Å². The molecule has 3 aromatic rings. The van der Waals surface area contributed by atoms with E-state index >= 15 is 0 Å². The van der Waals surface area contributed by atoms with Crippen LogP contribution in [0.2, 0.25) is 0 Å². The van der Waals surface area contributed by atoms with Gasteiger partial charge >= 0.3 is 0 Å². The molecule has 0 spiro atoms. The molecule has 0 aliphatic carbocycles. The van der Waals surface area contributed by atoms with Gasteiger partial charge < -0.3 is 19.4 Å². The molecule has 0 saturated carbocycles. The van der Waals surface area contributed by atoms with E-state index in [1.165, 1.54) is 0 Å². The first kappa shape index (κ1) is 19.4. The van der Waals surface area contributed by atoms with Crippen LogP contribution in [0, 0.1) is 0 Å². The molecule has 1 N–H and O–H groups in total. The van der Waals surface area contributed by atoms with Crippen molar-refractivity contribution < 1.29 is 14.3 Å². The molecule has 2 heterocycles. The third kappa shape index (κ3) is 5.57. The molecule has 0 atom stereocenters. The highest BCUT2D eigenvalue weighted by molar-refractivity contribution is 5.94. The predicted octanol–water partition coefficient (Wildman–Crippen LogP) is 3.08. The van der Waals surface area contributed by atoms with Crippen LogP contribution in [0.15, 0.2) is 61.4 Å². The molecule has 3 rings (SSSR count). The van der Waals surface area contributed by atoms with Gasteiger partial charge in [-0.1, -0.05) is 6.07 Å². The number of aryl methyl sites for hydroxylation is 1. The Labute approximate surface area is 164 Å². The van der Waals surface area contributed by atoms with Gasteiger partial charge in [0.05, 0.1) is 12.9 Å². The first-order chi connectivity index (χ1) is 13.8. The molecule has 0 radical (unpaired) electrons. The van der Waals surface area contributed by atoms with Gasteiger partial charge in [-0.3, -0.25) is 9.78 Å². The van der Waals surface area contributed by atoms with Gasteiger partial charge in [-0.25, -0.2) is 4.98 Å². The Hall–Kier alpha value is -3.35. The highest BCUT2D eigenvalue weighted by Crippen LogP contribution is 2.29. The van der Waals surface area contributed by atoms with E-state index in [0.717, 1.165) is 18.5 Å². The predicted molar refractivity (Wildman–Crippen MR) is 105 cm³/mol. The third-order valence-corrected chi connectivity index (χ3v) is 4.06. The van der Waals surface area contributed by atoms with Crippen LogP contribution in [0.1, 0.15) is 29.3 Å². The van der Waals surface area contributed by atoms with Crippen molar-refractivity contribution in [2.45, 2.75) is 26.5 Å². The average Bonchev–Trinajstić information content (AvgIpc) is 3.24. The maximum atomic E-state index is 12.4. The summed E-state index contributed by atoms with van der Waals surface area (Å²) >= 11 is 0. The number of imidazole rings is 1. The topological polar surface area (TPSA) is 78.3 Å². The van der Waals surface area contributed by atoms with Crippen LogP contribution in [0.3, 0.4) is 0 Å². The van der Waals surface area contributed by atoms with Gasteiger partial charge in [-0.05, 0) is 37.6 Å². The fourth-order valence-electron chi connectivity index (χ4n) is 2.67. The van der Waals surface area contributed by atoms with Crippen molar-refractivity contribution in [2.24, 2.45) is 0 Å². The maximum absolute atomic E-state index is 12.4. The number of pyridine rings is 1. The first-order valence-corrected chi connectivity index (χ1v) is 9.28. The van der Waals surface area contributed by atoms with E-state index < -0.39 is 0 Å². The third-order valence-electron chi connectivity index (χ3n) is 4.06. The number of amides is 1. The summed E-state index contributed by atoms with van der Waals surface area (Å²) in [5, 5.41) is 2.93. The minimum absolute atomic E-state index is 0.134. The van der Waals surface area contributed by atoms with E-state index in [1.54, 1.807) is 43.1 Å². The fourth-order valence-corrected chi connectivity index (χ4v) is 2.67. The van der Waals surface area contributed by atoms with Crippen LogP contribution < -0.4 is 14.8 Å². The monoisotopic (exact) mass is 380 g/mol. The van der Waals surface area contributed by atoms with Crippen molar-refractivity contribution >= 4 is 5.91 Å². The number of nitrogens with one attached hydrogen (secondary N) is 1. The van der Waals surface area contributed by atoms with E-state index in [2.05, 4.69) is 15.3 Å². The number of carbonyl (C=O) groups excluding carboxylic acids is 1. The van der Waals surface area contributed by atoms with Gasteiger partial charge in [0.25, 0.3) is 5.91 Å². The Kier molecular flexibility index (Phi) is 7.01. The molecule has 2 aromatic heterocycles. The molecule has 0 unspecified atom stereocenters. The van der Waals surface area contributed by atoms with E-state index in [9.17, 15) is 4.79 Å². The summed E-state index contributed by atoms with van der Waals surface area (Å²) in [7, 11) is 0. The molecule has 1 aromatic carbocycles. The maximum Gasteiger partial charge on any atom is 0.251 e. The zero-order valence-electron chi connectivity index (χ0n) is 15.9. The quantitative estimate of drug-likeness (QED) is 0.547. The Balaban J connectivity index is 1.56. The van der Waals surface area contributed by atoms with Gasteiger partial charge in [0.2, 0.25) is 0 Å². The summed E-state index contributed by atoms with van der Waals surface area (Å²) in [5.41, 5.74) is 1.50. The van der Waals surface area contributed by atoms with Crippen molar-refractivity contribution in [1.29, 1.82) is 0 Å². The zero-order valence-corrected chi connectivity index (χ0v) is 15.9. The van der Waals surface area contributed by atoms with Gasteiger partial charge in [0, 0.05) is 49.0 Å². The molecule has 0 fully saturated rings. The number of rotatable bonds is 10. The number of nitrogens with zero attached hydrogens (tertiary/aromatic N) is 3. The molecule has 0 saturated heterocycles. The van der Waals surface area contributed by atoms with E-state index in [4.69, 9.17) is 9.47 Å². The van der Waals surface area contributed by atoms with Crippen LogP contribution in [-0.2, 0) is 13.2 Å². The number of hydrogen-bond acceptors (Lipinski definition) is 5. The van der Waals surface area contributed by atoms with Crippen molar-refractivity contribution in [2.75, 3.05) is 13.2 Å². The molecule has 0 aliphatic rings. The second-order valence-corrected chi connectivity index (χ2v) is 6.15. The molecule has 1 amide bonds. The first-order valence-electron chi connectivity index (χ1n) is 9.28. The Morgan fingerprint density at radius 2 is 2.07 bits per heavy atom. The van der Waals surface area contributed by atoms with E-state index in [1.807, 2.05) is 29.8 Å². The Morgan fingerprint density at radius 1 is 1.14 bits per heavy atom. The van der Waals surface area contributed by atoms with Gasteiger partial charge in [-0.2, -0.15) is 0 Å². The van der Waals surface area contributed by atoms with Gasteiger partial charge in [-0.15, -0.1) is 0 Å². The van der Waals surface area contributed by atoms with E-state index in [-0.39, 0.29) is 5.91 Å². The minimum atomic E-state index is -0.134. The largest absolute Gasteiger partial charge is 0.490 e. The second-order valence-electron chi connectivity index (χ2n) is 6.15. The Bertz CT molecular complexity index is 867. The summed E-state index contributed by atoms with van der Waals surface area (Å²) < 4.78 is 13.5. The molecule has 146 valence electrons. The number of ether oxygens (including phenoxy) is 2. The smallest absolute Gasteiger partial charge is 0.251 e. The molecule has 28 heavy (non-hydrogen) atoms. The molecule has 0 aliphatic heterocycles. The summed E-state index contributed by atoms with van der Waals surface area (Å²) in [6, 6.07) is 9.03. The molecule has 7 nitrogen and oxygen atoms in total. The molecular weight excluding hydrogens is 356 g/mol. The lowest BCUT2D eigenvalue weighted by atomic mass is 10.2. The fraction of sp³-hybridized carbons (Fsp3) is 0.286. The highest BCUT2D eigenvalue weighted by atomic mass is 16.5. The highest BCUT2D eigenvalue weighted by Gasteiger charge is 2.12. The molecule has 0 bridgehead atoms. The second kappa shape index (κ2) is 10.1. The average molecular weight is 380 g/mol. The molecular formula is C21H24N4O3. The lowest BCUT2D eigenvalue weighted by molar-refractivity contribution is 0.0952. The van der Waals surface area contributed by atoms with Crippen LogP contribution in [0.5, 0.6) is 11.5 Å². The Morgan fingerprint density at radius 3 is 2.82 bits per heavy atom. The summed E-state index contributed by atoms with van der Waals surface area (Å²) in [6.07, 6.45) is 9.71.